The maximum atomic E-state index is 11.5. The van der Waals surface area contributed by atoms with Gasteiger partial charge in [-0.05, 0) is 13.8 Å². The fourth-order valence-corrected chi connectivity index (χ4v) is 1.43. The number of thioether (sulfide) groups is 1. The van der Waals surface area contributed by atoms with Gasteiger partial charge in [0.15, 0.2) is 0 Å². The van der Waals surface area contributed by atoms with E-state index in [-0.39, 0.29) is 11.9 Å². The van der Waals surface area contributed by atoms with Crippen molar-refractivity contribution in [2.24, 2.45) is 0 Å². The number of nitrogens with one attached hydrogen (secondary N) is 1. The van der Waals surface area contributed by atoms with Crippen molar-refractivity contribution in [2.45, 2.75) is 19.9 Å². The topological polar surface area (TPSA) is 32.3 Å². The highest BCUT2D eigenvalue weighted by molar-refractivity contribution is 7.99. The van der Waals surface area contributed by atoms with Crippen LogP contribution in [0.25, 0.3) is 0 Å². The highest BCUT2D eigenvalue weighted by Crippen LogP contribution is 1.96. The molecule has 1 N–H and O–H groups in total. The molecule has 86 valence electrons. The summed E-state index contributed by atoms with van der Waals surface area (Å²) in [6.45, 7) is 5.23. The molecule has 0 aliphatic heterocycles. The molecular formula is C11H20N2OS. The Kier molecular flexibility index (Phi) is 8.25. The lowest BCUT2D eigenvalue weighted by molar-refractivity contribution is -0.130. The molecule has 0 rings (SSSR count). The number of carbonyl (C=O) groups excluding carboxylic acids is 1. The first kappa shape index (κ1) is 14.3. The van der Waals surface area contributed by atoms with Gasteiger partial charge in [0.25, 0.3) is 0 Å². The second-order valence-corrected chi connectivity index (χ2v) is 4.64. The van der Waals surface area contributed by atoms with E-state index in [2.05, 4.69) is 11.2 Å². The summed E-state index contributed by atoms with van der Waals surface area (Å²) in [7, 11) is 1.82. The Balaban J connectivity index is 3.44. The van der Waals surface area contributed by atoms with Crippen LogP contribution in [0.3, 0.4) is 0 Å². The van der Waals surface area contributed by atoms with Gasteiger partial charge in [0, 0.05) is 25.4 Å². The van der Waals surface area contributed by atoms with Gasteiger partial charge >= 0.3 is 0 Å². The van der Waals surface area contributed by atoms with Gasteiger partial charge in [0.2, 0.25) is 5.91 Å². The second-order valence-electron chi connectivity index (χ2n) is 3.53. The average Bonchev–Trinajstić information content (AvgIpc) is 2.21. The van der Waals surface area contributed by atoms with E-state index in [1.807, 2.05) is 20.9 Å². The van der Waals surface area contributed by atoms with Gasteiger partial charge in [0.05, 0.1) is 12.3 Å². The van der Waals surface area contributed by atoms with Crippen molar-refractivity contribution in [1.82, 2.24) is 10.2 Å². The van der Waals surface area contributed by atoms with Gasteiger partial charge in [-0.2, -0.15) is 0 Å². The predicted octanol–water partition coefficient (Wildman–Crippen LogP) is 0.809. The fourth-order valence-electron chi connectivity index (χ4n) is 0.883. The molecule has 15 heavy (non-hydrogen) atoms. The van der Waals surface area contributed by atoms with Crippen LogP contribution in [0.15, 0.2) is 0 Å². The van der Waals surface area contributed by atoms with Crippen LogP contribution in [0.1, 0.15) is 13.8 Å². The van der Waals surface area contributed by atoms with Gasteiger partial charge in [-0.1, -0.05) is 5.92 Å². The summed E-state index contributed by atoms with van der Waals surface area (Å²) in [6, 6.07) is 0.259. The first-order valence-corrected chi connectivity index (χ1v) is 6.22. The molecule has 0 heterocycles. The SMILES string of the molecule is C#CCSCCNCC(=O)N(C)C(C)C. The van der Waals surface area contributed by atoms with Crippen molar-refractivity contribution in [2.75, 3.05) is 31.6 Å². The number of hydrogen-bond acceptors (Lipinski definition) is 3. The van der Waals surface area contributed by atoms with Crippen LogP contribution >= 0.6 is 11.8 Å². The quantitative estimate of drug-likeness (QED) is 0.517. The lowest BCUT2D eigenvalue weighted by atomic mass is 10.3. The van der Waals surface area contributed by atoms with E-state index in [0.717, 1.165) is 18.1 Å². The monoisotopic (exact) mass is 228 g/mol. The molecule has 1 amide bonds. The van der Waals surface area contributed by atoms with E-state index in [0.29, 0.717) is 6.54 Å². The Hall–Kier alpha value is -0.660. The Morgan fingerprint density at radius 2 is 2.27 bits per heavy atom. The van der Waals surface area contributed by atoms with Crippen molar-refractivity contribution in [1.29, 1.82) is 0 Å². The van der Waals surface area contributed by atoms with Crippen molar-refractivity contribution < 1.29 is 4.79 Å². The van der Waals surface area contributed by atoms with Crippen LogP contribution in [0, 0.1) is 12.3 Å². The second kappa shape index (κ2) is 8.63. The number of rotatable bonds is 7. The van der Waals surface area contributed by atoms with Crippen molar-refractivity contribution in [3.05, 3.63) is 0 Å². The molecule has 0 saturated heterocycles. The minimum absolute atomic E-state index is 0.131. The van der Waals surface area contributed by atoms with Crippen LogP contribution < -0.4 is 5.32 Å². The molecule has 0 aliphatic rings. The van der Waals surface area contributed by atoms with E-state index < -0.39 is 0 Å². The van der Waals surface area contributed by atoms with E-state index >= 15 is 0 Å². The molecular weight excluding hydrogens is 208 g/mol. The molecule has 0 spiro atoms. The maximum absolute atomic E-state index is 11.5. The summed E-state index contributed by atoms with van der Waals surface area (Å²) in [5, 5.41) is 3.10. The fraction of sp³-hybridized carbons (Fsp3) is 0.727. The Labute approximate surface area is 97.0 Å². The number of hydrogen-bond donors (Lipinski definition) is 1. The number of amides is 1. The smallest absolute Gasteiger partial charge is 0.236 e. The highest BCUT2D eigenvalue weighted by Gasteiger charge is 2.10. The van der Waals surface area contributed by atoms with Gasteiger partial charge in [-0.15, -0.1) is 18.2 Å². The molecule has 0 saturated carbocycles. The van der Waals surface area contributed by atoms with Gasteiger partial charge in [-0.25, -0.2) is 0 Å². The van der Waals surface area contributed by atoms with Crippen molar-refractivity contribution >= 4 is 17.7 Å². The number of likely N-dealkylation sites (N-methyl/N-ethyl adjacent to an activating group) is 1. The van der Waals surface area contributed by atoms with E-state index in [4.69, 9.17) is 6.42 Å². The molecule has 0 aromatic carbocycles. The lowest BCUT2D eigenvalue weighted by Gasteiger charge is -2.21. The zero-order chi connectivity index (χ0) is 11.7. The maximum Gasteiger partial charge on any atom is 0.236 e. The lowest BCUT2D eigenvalue weighted by Crippen LogP contribution is -2.39. The van der Waals surface area contributed by atoms with Gasteiger partial charge in [0.1, 0.15) is 0 Å². The summed E-state index contributed by atoms with van der Waals surface area (Å²) < 4.78 is 0. The molecule has 0 unspecified atom stereocenters. The third-order valence-electron chi connectivity index (χ3n) is 2.05. The Bertz CT molecular complexity index is 223. The predicted molar refractivity (Wildman–Crippen MR) is 66.9 cm³/mol. The molecule has 4 heteroatoms. The van der Waals surface area contributed by atoms with E-state index in [1.54, 1.807) is 16.7 Å². The average molecular weight is 228 g/mol. The summed E-state index contributed by atoms with van der Waals surface area (Å²) >= 11 is 1.70. The molecule has 3 nitrogen and oxygen atoms in total. The minimum atomic E-state index is 0.131. The van der Waals surface area contributed by atoms with Crippen LogP contribution in [-0.2, 0) is 4.79 Å². The molecule has 0 radical (unpaired) electrons. The van der Waals surface area contributed by atoms with E-state index in [1.165, 1.54) is 0 Å². The zero-order valence-electron chi connectivity index (χ0n) is 9.75. The molecule has 0 atom stereocenters. The van der Waals surface area contributed by atoms with Gasteiger partial charge < -0.3 is 10.2 Å². The zero-order valence-corrected chi connectivity index (χ0v) is 10.6. The van der Waals surface area contributed by atoms with E-state index in [9.17, 15) is 4.79 Å². The molecule has 0 bridgehead atoms. The normalized spacial score (nSPS) is 10.1. The largest absolute Gasteiger partial charge is 0.342 e. The summed E-state index contributed by atoms with van der Waals surface area (Å²) in [5.41, 5.74) is 0. The summed E-state index contributed by atoms with van der Waals surface area (Å²) in [4.78, 5) is 13.2. The van der Waals surface area contributed by atoms with Crippen LogP contribution in [-0.4, -0.2) is 48.5 Å². The third-order valence-corrected chi connectivity index (χ3v) is 2.92. The molecule has 0 aliphatic carbocycles. The molecule has 0 aromatic rings. The first-order chi connectivity index (χ1) is 7.09. The number of carbonyl (C=O) groups is 1. The standard InChI is InChI=1S/C11H20N2OS/c1-5-7-15-8-6-12-9-11(14)13(4)10(2)3/h1,10,12H,6-9H2,2-4H3. The third kappa shape index (κ3) is 7.29. The summed E-state index contributed by atoms with van der Waals surface area (Å²) in [5.74, 6) is 4.38. The van der Waals surface area contributed by atoms with Gasteiger partial charge in [-0.3, -0.25) is 4.79 Å². The van der Waals surface area contributed by atoms with Crippen LogP contribution in [0.5, 0.6) is 0 Å². The minimum Gasteiger partial charge on any atom is -0.342 e. The Morgan fingerprint density at radius 3 is 2.80 bits per heavy atom. The molecule has 0 aromatic heterocycles. The molecule has 0 fully saturated rings. The number of terminal acetylenes is 1. The number of nitrogens with zero attached hydrogens (tertiary/aromatic N) is 1. The highest BCUT2D eigenvalue weighted by atomic mass is 32.2. The van der Waals surface area contributed by atoms with Crippen LogP contribution in [0.4, 0.5) is 0 Å². The van der Waals surface area contributed by atoms with Crippen molar-refractivity contribution in [3.63, 3.8) is 0 Å². The first-order valence-electron chi connectivity index (χ1n) is 5.07. The summed E-state index contributed by atoms with van der Waals surface area (Å²) in [6.07, 6.45) is 5.11. The van der Waals surface area contributed by atoms with Crippen LogP contribution in [0.2, 0.25) is 0 Å². The van der Waals surface area contributed by atoms with Crippen molar-refractivity contribution in [3.8, 4) is 12.3 Å². The Morgan fingerprint density at radius 1 is 1.60 bits per heavy atom.